The molecule has 0 saturated carbocycles. The lowest BCUT2D eigenvalue weighted by Gasteiger charge is -2.18. The van der Waals surface area contributed by atoms with Crippen molar-refractivity contribution in [2.24, 2.45) is 5.92 Å². The molecule has 186 valence electrons. The Bertz CT molecular complexity index is 1310. The van der Waals surface area contributed by atoms with E-state index in [0.717, 1.165) is 15.9 Å². The highest BCUT2D eigenvalue weighted by atomic mass is 19.1. The van der Waals surface area contributed by atoms with E-state index in [9.17, 15) is 18.8 Å². The number of carbonyl (C=O) groups excluding carboxylic acids is 1. The van der Waals surface area contributed by atoms with Crippen molar-refractivity contribution in [3.63, 3.8) is 0 Å². The normalized spacial score (nSPS) is 11.9. The first-order valence-corrected chi connectivity index (χ1v) is 11.2. The third-order valence-corrected chi connectivity index (χ3v) is 5.26. The lowest BCUT2D eigenvalue weighted by atomic mass is 10.2. The second-order valence-corrected chi connectivity index (χ2v) is 8.52. The molecule has 0 bridgehead atoms. The SMILES string of the molecule is COC(=O)[C@@H](C)Cn1c(=O)nc(Nc2ccc(OC(C)C)c(C)c2)n(Cc2ccc(F)cc2)c1=O. The van der Waals surface area contributed by atoms with E-state index in [1.54, 1.807) is 31.2 Å². The molecule has 0 aliphatic heterocycles. The number of methoxy groups -OCH3 is 1. The second-order valence-electron chi connectivity index (χ2n) is 8.52. The molecule has 0 aliphatic rings. The van der Waals surface area contributed by atoms with Crippen molar-refractivity contribution in [3.8, 4) is 5.75 Å². The summed E-state index contributed by atoms with van der Waals surface area (Å²) in [5, 5.41) is 3.04. The van der Waals surface area contributed by atoms with Crippen molar-refractivity contribution in [1.29, 1.82) is 0 Å². The molecule has 0 amide bonds. The third kappa shape index (κ3) is 6.34. The van der Waals surface area contributed by atoms with Crippen LogP contribution in [0.5, 0.6) is 5.75 Å². The Kier molecular flexibility index (Phi) is 8.06. The molecule has 0 fully saturated rings. The van der Waals surface area contributed by atoms with E-state index in [4.69, 9.17) is 9.47 Å². The minimum absolute atomic E-state index is 0.00929. The quantitative estimate of drug-likeness (QED) is 0.465. The van der Waals surface area contributed by atoms with Crippen LogP contribution in [0.3, 0.4) is 0 Å². The van der Waals surface area contributed by atoms with Gasteiger partial charge in [0.1, 0.15) is 11.6 Å². The minimum Gasteiger partial charge on any atom is -0.491 e. The number of anilines is 2. The van der Waals surface area contributed by atoms with Crippen LogP contribution in [0, 0.1) is 18.7 Å². The number of nitrogens with zero attached hydrogens (tertiary/aromatic N) is 3. The number of hydrogen-bond donors (Lipinski definition) is 1. The summed E-state index contributed by atoms with van der Waals surface area (Å²) in [6.07, 6.45) is 0.00929. The number of halogens is 1. The van der Waals surface area contributed by atoms with Gasteiger partial charge in [-0.3, -0.25) is 9.36 Å². The van der Waals surface area contributed by atoms with Gasteiger partial charge in [-0.25, -0.2) is 18.5 Å². The van der Waals surface area contributed by atoms with E-state index in [0.29, 0.717) is 11.3 Å². The van der Waals surface area contributed by atoms with Gasteiger partial charge in [0.05, 0.1) is 25.7 Å². The van der Waals surface area contributed by atoms with E-state index in [1.807, 2.05) is 26.8 Å². The Balaban J connectivity index is 2.04. The number of ether oxygens (including phenoxy) is 2. The lowest BCUT2D eigenvalue weighted by molar-refractivity contribution is -0.145. The molecule has 0 unspecified atom stereocenters. The number of esters is 1. The van der Waals surface area contributed by atoms with Gasteiger partial charge in [-0.05, 0) is 62.2 Å². The molecule has 0 spiro atoms. The van der Waals surface area contributed by atoms with Crippen molar-refractivity contribution < 1.29 is 18.7 Å². The Morgan fingerprint density at radius 2 is 1.77 bits per heavy atom. The summed E-state index contributed by atoms with van der Waals surface area (Å²) in [5.41, 5.74) is 0.611. The van der Waals surface area contributed by atoms with Crippen LogP contribution in [-0.2, 0) is 22.6 Å². The van der Waals surface area contributed by atoms with E-state index in [-0.39, 0.29) is 25.1 Å². The zero-order valence-electron chi connectivity index (χ0n) is 20.4. The maximum atomic E-state index is 13.4. The number of benzene rings is 2. The fourth-order valence-electron chi connectivity index (χ4n) is 3.49. The van der Waals surface area contributed by atoms with Crippen LogP contribution in [0.15, 0.2) is 52.1 Å². The van der Waals surface area contributed by atoms with Gasteiger partial charge < -0.3 is 14.8 Å². The highest BCUT2D eigenvalue weighted by Gasteiger charge is 2.20. The molecule has 0 aliphatic carbocycles. The second kappa shape index (κ2) is 11.0. The van der Waals surface area contributed by atoms with Gasteiger partial charge in [0, 0.05) is 12.2 Å². The maximum absolute atomic E-state index is 13.4. The molecule has 0 radical (unpaired) electrons. The van der Waals surface area contributed by atoms with Gasteiger partial charge in [-0.2, -0.15) is 4.98 Å². The number of hydrogen-bond acceptors (Lipinski definition) is 7. The predicted molar refractivity (Wildman–Crippen MR) is 130 cm³/mol. The van der Waals surface area contributed by atoms with E-state index < -0.39 is 29.1 Å². The van der Waals surface area contributed by atoms with E-state index >= 15 is 0 Å². The molecule has 1 heterocycles. The smallest absolute Gasteiger partial charge is 0.354 e. The molecule has 3 aromatic rings. The van der Waals surface area contributed by atoms with Crippen LogP contribution in [0.4, 0.5) is 16.0 Å². The van der Waals surface area contributed by atoms with Gasteiger partial charge in [0.2, 0.25) is 5.95 Å². The Labute approximate surface area is 202 Å². The molecule has 1 aromatic heterocycles. The molecule has 35 heavy (non-hydrogen) atoms. The average molecular weight is 485 g/mol. The highest BCUT2D eigenvalue weighted by Crippen LogP contribution is 2.24. The fourth-order valence-corrected chi connectivity index (χ4v) is 3.49. The standard InChI is InChI=1S/C25H29FN4O5/c1-15(2)35-21-11-10-20(12-16(21)3)27-23-28-24(32)30(13-17(4)22(31)34-5)25(33)29(23)14-18-6-8-19(26)9-7-18/h6-12,15,17H,13-14H2,1-5H3,(H,27,28,32)/t17-/m0/s1. The monoisotopic (exact) mass is 484 g/mol. The van der Waals surface area contributed by atoms with Gasteiger partial charge >= 0.3 is 17.3 Å². The molecule has 10 heteroatoms. The molecule has 3 rings (SSSR count). The Morgan fingerprint density at radius 1 is 1.09 bits per heavy atom. The summed E-state index contributed by atoms with van der Waals surface area (Å²) in [6, 6.07) is 11.0. The van der Waals surface area contributed by atoms with Crippen molar-refractivity contribution in [2.45, 2.75) is 46.9 Å². The highest BCUT2D eigenvalue weighted by molar-refractivity contribution is 5.71. The van der Waals surface area contributed by atoms with Gasteiger partial charge in [-0.1, -0.05) is 19.1 Å². The van der Waals surface area contributed by atoms with E-state index in [2.05, 4.69) is 10.3 Å². The summed E-state index contributed by atoms with van der Waals surface area (Å²) in [7, 11) is 1.24. The largest absolute Gasteiger partial charge is 0.491 e. The van der Waals surface area contributed by atoms with Crippen LogP contribution in [0.1, 0.15) is 31.9 Å². The van der Waals surface area contributed by atoms with Gasteiger partial charge in [0.15, 0.2) is 0 Å². The zero-order valence-corrected chi connectivity index (χ0v) is 20.4. The number of nitrogens with one attached hydrogen (secondary N) is 1. The minimum atomic E-state index is -0.805. The number of carbonyl (C=O) groups is 1. The molecular weight excluding hydrogens is 455 g/mol. The summed E-state index contributed by atoms with van der Waals surface area (Å²) in [5.74, 6) is -0.963. The summed E-state index contributed by atoms with van der Waals surface area (Å²) < 4.78 is 26.0. The maximum Gasteiger partial charge on any atom is 0.354 e. The van der Waals surface area contributed by atoms with Gasteiger partial charge in [0.25, 0.3) is 0 Å². The van der Waals surface area contributed by atoms with Crippen molar-refractivity contribution in [1.82, 2.24) is 14.1 Å². The average Bonchev–Trinajstić information content (AvgIpc) is 2.81. The lowest BCUT2D eigenvalue weighted by Crippen LogP contribution is -2.44. The van der Waals surface area contributed by atoms with Crippen molar-refractivity contribution >= 4 is 17.6 Å². The number of aryl methyl sites for hydroxylation is 1. The first-order chi connectivity index (χ1) is 16.6. The van der Waals surface area contributed by atoms with Crippen molar-refractivity contribution in [2.75, 3.05) is 12.4 Å². The van der Waals surface area contributed by atoms with Gasteiger partial charge in [-0.15, -0.1) is 0 Å². The van der Waals surface area contributed by atoms with Crippen LogP contribution < -0.4 is 21.4 Å². The Hall–Kier alpha value is -3.95. The van der Waals surface area contributed by atoms with Crippen LogP contribution in [-0.4, -0.2) is 33.3 Å². The van der Waals surface area contributed by atoms with E-state index in [1.165, 1.54) is 23.8 Å². The number of aromatic nitrogens is 3. The zero-order chi connectivity index (χ0) is 25.7. The molecule has 1 atom stereocenters. The summed E-state index contributed by atoms with van der Waals surface area (Å²) in [4.78, 5) is 42.1. The Morgan fingerprint density at radius 3 is 2.37 bits per heavy atom. The molecule has 0 saturated heterocycles. The molecular formula is C25H29FN4O5. The topological polar surface area (TPSA) is 104 Å². The third-order valence-electron chi connectivity index (χ3n) is 5.26. The van der Waals surface area contributed by atoms with Crippen molar-refractivity contribution in [3.05, 3.63) is 80.4 Å². The fraction of sp³-hybridized carbons (Fsp3) is 0.360. The molecule has 1 N–H and O–H groups in total. The molecule has 9 nitrogen and oxygen atoms in total. The number of rotatable bonds is 9. The predicted octanol–water partition coefficient (Wildman–Crippen LogP) is 3.24. The van der Waals surface area contributed by atoms with Crippen LogP contribution in [0.2, 0.25) is 0 Å². The first kappa shape index (κ1) is 25.7. The molecule has 2 aromatic carbocycles. The van der Waals surface area contributed by atoms with Crippen LogP contribution >= 0.6 is 0 Å². The first-order valence-electron chi connectivity index (χ1n) is 11.2. The summed E-state index contributed by atoms with van der Waals surface area (Å²) >= 11 is 0. The van der Waals surface area contributed by atoms with Crippen LogP contribution in [0.25, 0.3) is 0 Å². The summed E-state index contributed by atoms with van der Waals surface area (Å²) in [6.45, 7) is 7.13.